The van der Waals surface area contributed by atoms with E-state index in [0.29, 0.717) is 5.56 Å². The fourth-order valence-corrected chi connectivity index (χ4v) is 2.45. The van der Waals surface area contributed by atoms with Crippen molar-refractivity contribution < 1.29 is 0 Å². The second-order valence-electron chi connectivity index (χ2n) is 5.36. The third-order valence-corrected chi connectivity index (χ3v) is 3.69. The van der Waals surface area contributed by atoms with Gasteiger partial charge in [0, 0.05) is 18.5 Å². The van der Waals surface area contributed by atoms with Crippen LogP contribution in [0.1, 0.15) is 45.1 Å². The molecular weight excluding hydrogens is 258 g/mol. The molecule has 0 atom stereocenters. The predicted octanol–water partition coefficient (Wildman–Crippen LogP) is 4.51. The van der Waals surface area contributed by atoms with Crippen LogP contribution in [0, 0.1) is 11.3 Å². The number of nitriles is 1. The molecule has 2 rings (SSSR count). The van der Waals surface area contributed by atoms with Gasteiger partial charge in [0.25, 0.3) is 0 Å². The molecule has 0 amide bonds. The minimum Gasteiger partial charge on any atom is -0.356 e. The molecule has 3 heteroatoms. The summed E-state index contributed by atoms with van der Waals surface area (Å²) in [5, 5.41) is 10.5. The van der Waals surface area contributed by atoms with Crippen molar-refractivity contribution in [2.24, 2.45) is 0 Å². The van der Waals surface area contributed by atoms with E-state index in [0.717, 1.165) is 55.5 Å². The summed E-state index contributed by atoms with van der Waals surface area (Å²) >= 11 is 0. The van der Waals surface area contributed by atoms with Crippen molar-refractivity contribution in [3.05, 3.63) is 35.9 Å². The Morgan fingerprint density at radius 3 is 2.38 bits per heavy atom. The van der Waals surface area contributed by atoms with Crippen LogP contribution in [0.3, 0.4) is 0 Å². The molecule has 0 radical (unpaired) electrons. The van der Waals surface area contributed by atoms with Crippen molar-refractivity contribution in [3.8, 4) is 6.07 Å². The normalized spacial score (nSPS) is 10.5. The summed E-state index contributed by atoms with van der Waals surface area (Å²) in [5.41, 5.74) is 1.64. The molecular formula is C18H23N3. The first-order valence-corrected chi connectivity index (χ1v) is 7.85. The number of anilines is 1. The van der Waals surface area contributed by atoms with E-state index in [2.05, 4.69) is 24.8 Å². The third-order valence-electron chi connectivity index (χ3n) is 3.69. The van der Waals surface area contributed by atoms with Gasteiger partial charge in [-0.25, -0.2) is 4.98 Å². The van der Waals surface area contributed by atoms with E-state index in [9.17, 15) is 5.26 Å². The first-order valence-electron chi connectivity index (χ1n) is 7.85. The summed E-state index contributed by atoms with van der Waals surface area (Å²) in [6.45, 7) is 6.32. The molecule has 0 saturated carbocycles. The molecule has 1 aromatic carbocycles. The van der Waals surface area contributed by atoms with E-state index in [1.807, 2.05) is 30.3 Å². The van der Waals surface area contributed by atoms with Gasteiger partial charge in [0.05, 0.1) is 11.1 Å². The molecule has 110 valence electrons. The molecule has 0 saturated heterocycles. The summed E-state index contributed by atoms with van der Waals surface area (Å²) < 4.78 is 0. The smallest absolute Gasteiger partial charge is 0.147 e. The lowest BCUT2D eigenvalue weighted by atomic mass is 10.1. The summed E-state index contributed by atoms with van der Waals surface area (Å²) in [7, 11) is 0. The topological polar surface area (TPSA) is 39.9 Å². The second kappa shape index (κ2) is 7.64. The number of benzene rings is 1. The number of hydrogen-bond donors (Lipinski definition) is 0. The maximum Gasteiger partial charge on any atom is 0.147 e. The highest BCUT2D eigenvalue weighted by Crippen LogP contribution is 2.23. The van der Waals surface area contributed by atoms with Gasteiger partial charge in [-0.15, -0.1) is 0 Å². The van der Waals surface area contributed by atoms with Gasteiger partial charge in [-0.1, -0.05) is 44.9 Å². The standard InChI is InChI=1S/C18H23N3/c1-3-5-11-21(12-6-4-2)18-16(14-19)13-15-9-7-8-10-17(15)20-18/h7-10,13H,3-6,11-12H2,1-2H3. The van der Waals surface area contributed by atoms with Crippen LogP contribution in [-0.4, -0.2) is 18.1 Å². The van der Waals surface area contributed by atoms with Crippen LogP contribution in [0.25, 0.3) is 10.9 Å². The van der Waals surface area contributed by atoms with Crippen molar-refractivity contribution in [3.63, 3.8) is 0 Å². The lowest BCUT2D eigenvalue weighted by Gasteiger charge is -2.24. The fraction of sp³-hybridized carbons (Fsp3) is 0.444. The Kier molecular flexibility index (Phi) is 5.57. The van der Waals surface area contributed by atoms with Crippen molar-refractivity contribution in [1.82, 2.24) is 4.98 Å². The van der Waals surface area contributed by atoms with Gasteiger partial charge in [-0.05, 0) is 25.0 Å². The van der Waals surface area contributed by atoms with Crippen LogP contribution >= 0.6 is 0 Å². The van der Waals surface area contributed by atoms with Crippen LogP contribution in [0.4, 0.5) is 5.82 Å². The van der Waals surface area contributed by atoms with Gasteiger partial charge < -0.3 is 4.90 Å². The van der Waals surface area contributed by atoms with Gasteiger partial charge >= 0.3 is 0 Å². The molecule has 3 nitrogen and oxygen atoms in total. The molecule has 21 heavy (non-hydrogen) atoms. The van der Waals surface area contributed by atoms with Crippen molar-refractivity contribution in [2.75, 3.05) is 18.0 Å². The first kappa shape index (κ1) is 15.3. The second-order valence-corrected chi connectivity index (χ2v) is 5.36. The highest BCUT2D eigenvalue weighted by molar-refractivity contribution is 5.83. The Hall–Kier alpha value is -2.08. The van der Waals surface area contributed by atoms with Crippen LogP contribution in [-0.2, 0) is 0 Å². The molecule has 0 spiro atoms. The molecule has 0 unspecified atom stereocenters. The SMILES string of the molecule is CCCCN(CCCC)c1nc2ccccc2cc1C#N. The van der Waals surface area contributed by atoms with Crippen molar-refractivity contribution >= 4 is 16.7 Å². The highest BCUT2D eigenvalue weighted by atomic mass is 15.2. The minimum absolute atomic E-state index is 0.681. The van der Waals surface area contributed by atoms with Crippen LogP contribution in [0.2, 0.25) is 0 Å². The third kappa shape index (κ3) is 3.72. The number of hydrogen-bond acceptors (Lipinski definition) is 3. The van der Waals surface area contributed by atoms with E-state index in [1.54, 1.807) is 0 Å². The molecule has 1 heterocycles. The Bertz CT molecular complexity index is 620. The molecule has 0 bridgehead atoms. The number of fused-ring (bicyclic) bond motifs is 1. The average molecular weight is 281 g/mol. The average Bonchev–Trinajstić information content (AvgIpc) is 2.54. The monoisotopic (exact) mass is 281 g/mol. The highest BCUT2D eigenvalue weighted by Gasteiger charge is 2.13. The molecule has 0 N–H and O–H groups in total. The lowest BCUT2D eigenvalue weighted by Crippen LogP contribution is -2.27. The molecule has 0 aliphatic rings. The van der Waals surface area contributed by atoms with Gasteiger partial charge in [-0.2, -0.15) is 5.26 Å². The van der Waals surface area contributed by atoms with E-state index in [4.69, 9.17) is 4.98 Å². The van der Waals surface area contributed by atoms with Crippen LogP contribution in [0.15, 0.2) is 30.3 Å². The molecule has 0 aliphatic carbocycles. The lowest BCUT2D eigenvalue weighted by molar-refractivity contribution is 0.671. The number of aromatic nitrogens is 1. The van der Waals surface area contributed by atoms with Crippen molar-refractivity contribution in [2.45, 2.75) is 39.5 Å². The Labute approximate surface area is 127 Å². The van der Waals surface area contributed by atoms with Gasteiger partial charge in [0.15, 0.2) is 0 Å². The summed E-state index contributed by atoms with van der Waals surface area (Å²) in [6, 6.07) is 12.3. The number of rotatable bonds is 7. The summed E-state index contributed by atoms with van der Waals surface area (Å²) in [5.74, 6) is 0.845. The van der Waals surface area contributed by atoms with Gasteiger partial charge in [-0.3, -0.25) is 0 Å². The quantitative estimate of drug-likeness (QED) is 0.749. The summed E-state index contributed by atoms with van der Waals surface area (Å²) in [6.07, 6.45) is 4.56. The number of para-hydroxylation sites is 1. The van der Waals surface area contributed by atoms with E-state index in [1.165, 1.54) is 0 Å². The first-order chi connectivity index (χ1) is 10.3. The van der Waals surface area contributed by atoms with Gasteiger partial charge in [0.2, 0.25) is 0 Å². The van der Waals surface area contributed by atoms with E-state index in [-0.39, 0.29) is 0 Å². The maximum atomic E-state index is 9.46. The maximum absolute atomic E-state index is 9.46. The molecule has 1 aromatic heterocycles. The number of unbranched alkanes of at least 4 members (excludes halogenated alkanes) is 2. The zero-order valence-corrected chi connectivity index (χ0v) is 13.0. The van der Waals surface area contributed by atoms with Crippen LogP contribution < -0.4 is 4.90 Å². The Balaban J connectivity index is 2.41. The van der Waals surface area contributed by atoms with Gasteiger partial charge in [0.1, 0.15) is 11.9 Å². The molecule has 0 fully saturated rings. The minimum atomic E-state index is 0.681. The molecule has 0 aliphatic heterocycles. The Morgan fingerprint density at radius 2 is 1.76 bits per heavy atom. The largest absolute Gasteiger partial charge is 0.356 e. The predicted molar refractivity (Wildman–Crippen MR) is 88.5 cm³/mol. The van der Waals surface area contributed by atoms with Crippen LogP contribution in [0.5, 0.6) is 0 Å². The van der Waals surface area contributed by atoms with E-state index >= 15 is 0 Å². The molecule has 2 aromatic rings. The zero-order chi connectivity index (χ0) is 15.1. The van der Waals surface area contributed by atoms with Crippen molar-refractivity contribution in [1.29, 1.82) is 5.26 Å². The fourth-order valence-electron chi connectivity index (χ4n) is 2.45. The van der Waals surface area contributed by atoms with E-state index < -0.39 is 0 Å². The summed E-state index contributed by atoms with van der Waals surface area (Å²) in [4.78, 5) is 7.03. The Morgan fingerprint density at radius 1 is 1.10 bits per heavy atom. The zero-order valence-electron chi connectivity index (χ0n) is 13.0. The number of nitrogens with zero attached hydrogens (tertiary/aromatic N) is 3. The number of pyridine rings is 1.